The van der Waals surface area contributed by atoms with Crippen LogP contribution in [0.3, 0.4) is 0 Å². The van der Waals surface area contributed by atoms with Gasteiger partial charge in [0.05, 0.1) is 7.11 Å². The Kier molecular flexibility index (Phi) is 4.51. The first-order valence-electron chi connectivity index (χ1n) is 9.01. The number of hydrogen-bond donors (Lipinski definition) is 0. The lowest BCUT2D eigenvalue weighted by molar-refractivity contribution is -0.130. The third-order valence-electron chi connectivity index (χ3n) is 5.05. The van der Waals surface area contributed by atoms with Gasteiger partial charge in [-0.1, -0.05) is 0 Å². The average molecular weight is 368 g/mol. The summed E-state index contributed by atoms with van der Waals surface area (Å²) < 4.78 is 20.8. The highest BCUT2D eigenvalue weighted by Gasteiger charge is 2.26. The Morgan fingerprint density at radius 2 is 2.15 bits per heavy atom. The number of hydrogen-bond acceptors (Lipinski definition) is 4. The number of benzene rings is 1. The Morgan fingerprint density at radius 1 is 1.30 bits per heavy atom. The second-order valence-electron chi connectivity index (χ2n) is 6.84. The van der Waals surface area contributed by atoms with Gasteiger partial charge in [-0.25, -0.2) is 13.9 Å². The van der Waals surface area contributed by atoms with E-state index in [1.165, 1.54) is 12.1 Å². The van der Waals surface area contributed by atoms with Gasteiger partial charge in [0.1, 0.15) is 11.6 Å². The van der Waals surface area contributed by atoms with E-state index in [9.17, 15) is 9.18 Å². The molecule has 3 heterocycles. The number of fused-ring (bicyclic) bond motifs is 1. The van der Waals surface area contributed by atoms with Gasteiger partial charge in [-0.3, -0.25) is 4.79 Å². The van der Waals surface area contributed by atoms with Crippen LogP contribution < -0.4 is 4.74 Å². The minimum atomic E-state index is -0.322. The number of methoxy groups -OCH3 is 1. The van der Waals surface area contributed by atoms with E-state index in [0.717, 1.165) is 36.4 Å². The second kappa shape index (κ2) is 6.98. The number of nitrogens with zero attached hydrogens (tertiary/aromatic N) is 4. The van der Waals surface area contributed by atoms with E-state index in [0.29, 0.717) is 17.9 Å². The van der Waals surface area contributed by atoms with E-state index in [1.54, 1.807) is 24.6 Å². The third kappa shape index (κ3) is 3.37. The number of piperidine rings is 1. The molecule has 0 saturated carbocycles. The van der Waals surface area contributed by atoms with Crippen molar-refractivity contribution in [2.24, 2.45) is 0 Å². The van der Waals surface area contributed by atoms with Crippen molar-refractivity contribution < 1.29 is 13.9 Å². The van der Waals surface area contributed by atoms with Crippen molar-refractivity contribution in [2.45, 2.75) is 25.7 Å². The van der Waals surface area contributed by atoms with Gasteiger partial charge in [-0.05, 0) is 43.2 Å². The van der Waals surface area contributed by atoms with Crippen LogP contribution in [0.1, 0.15) is 31.5 Å². The van der Waals surface area contributed by atoms with E-state index in [1.807, 2.05) is 23.2 Å². The number of ether oxygens (including phenoxy) is 1. The van der Waals surface area contributed by atoms with Crippen molar-refractivity contribution in [3.8, 4) is 16.9 Å². The zero-order valence-corrected chi connectivity index (χ0v) is 15.4. The highest BCUT2D eigenvalue weighted by molar-refractivity contribution is 5.73. The van der Waals surface area contributed by atoms with Crippen molar-refractivity contribution in [1.82, 2.24) is 19.5 Å². The Labute approximate surface area is 156 Å². The summed E-state index contributed by atoms with van der Waals surface area (Å²) in [4.78, 5) is 18.2. The number of carbonyl (C=O) groups excluding carboxylic acids is 1. The van der Waals surface area contributed by atoms with Crippen molar-refractivity contribution >= 4 is 11.6 Å². The van der Waals surface area contributed by atoms with Crippen molar-refractivity contribution in [3.05, 3.63) is 48.2 Å². The largest absolute Gasteiger partial charge is 0.496 e. The Balaban J connectivity index is 1.68. The summed E-state index contributed by atoms with van der Waals surface area (Å²) in [5.41, 5.74) is 2.19. The third-order valence-corrected chi connectivity index (χ3v) is 5.05. The summed E-state index contributed by atoms with van der Waals surface area (Å²) in [5.74, 6) is 1.24. The van der Waals surface area contributed by atoms with Gasteiger partial charge in [0.25, 0.3) is 0 Å². The molecule has 1 aliphatic rings. The van der Waals surface area contributed by atoms with Crippen LogP contribution in [0.2, 0.25) is 0 Å². The molecular formula is C20H21FN4O2. The maximum Gasteiger partial charge on any atom is 0.219 e. The molecule has 7 heteroatoms. The molecule has 0 spiro atoms. The van der Waals surface area contributed by atoms with Crippen LogP contribution in [0, 0.1) is 5.82 Å². The highest BCUT2D eigenvalue weighted by Crippen LogP contribution is 2.31. The molecule has 140 valence electrons. The monoisotopic (exact) mass is 368 g/mol. The predicted molar refractivity (Wildman–Crippen MR) is 99.2 cm³/mol. The smallest absolute Gasteiger partial charge is 0.219 e. The molecule has 1 atom stereocenters. The van der Waals surface area contributed by atoms with Crippen LogP contribution in [0.4, 0.5) is 4.39 Å². The molecule has 1 saturated heterocycles. The molecule has 6 nitrogen and oxygen atoms in total. The van der Waals surface area contributed by atoms with Gasteiger partial charge < -0.3 is 9.64 Å². The van der Waals surface area contributed by atoms with E-state index < -0.39 is 0 Å². The van der Waals surface area contributed by atoms with Gasteiger partial charge in [0.15, 0.2) is 11.5 Å². The highest BCUT2D eigenvalue weighted by atomic mass is 19.1. The topological polar surface area (TPSA) is 59.7 Å². The number of carbonyl (C=O) groups is 1. The number of halogens is 1. The minimum absolute atomic E-state index is 0.0870. The van der Waals surface area contributed by atoms with Crippen molar-refractivity contribution in [2.75, 3.05) is 20.2 Å². The Bertz CT molecular complexity index is 1000. The summed E-state index contributed by atoms with van der Waals surface area (Å²) in [5, 5.41) is 4.63. The lowest BCUT2D eigenvalue weighted by Gasteiger charge is -2.30. The van der Waals surface area contributed by atoms with Crippen LogP contribution in [-0.2, 0) is 4.79 Å². The van der Waals surface area contributed by atoms with Crippen LogP contribution in [0.5, 0.6) is 5.75 Å². The van der Waals surface area contributed by atoms with Gasteiger partial charge in [-0.15, -0.1) is 0 Å². The molecule has 0 bridgehead atoms. The minimum Gasteiger partial charge on any atom is -0.496 e. The number of amides is 1. The van der Waals surface area contributed by atoms with E-state index in [4.69, 9.17) is 4.74 Å². The van der Waals surface area contributed by atoms with E-state index >= 15 is 0 Å². The number of pyridine rings is 1. The lowest BCUT2D eigenvalue weighted by Crippen LogP contribution is -2.37. The summed E-state index contributed by atoms with van der Waals surface area (Å²) in [6.45, 7) is 3.04. The van der Waals surface area contributed by atoms with Crippen LogP contribution >= 0.6 is 0 Å². The maximum absolute atomic E-state index is 13.7. The fourth-order valence-corrected chi connectivity index (χ4v) is 3.61. The predicted octanol–water partition coefficient (Wildman–Crippen LogP) is 3.27. The summed E-state index contributed by atoms with van der Waals surface area (Å²) >= 11 is 0. The first kappa shape index (κ1) is 17.5. The molecule has 4 rings (SSSR count). The zero-order valence-electron chi connectivity index (χ0n) is 15.4. The average Bonchev–Trinajstić information content (AvgIpc) is 3.11. The molecule has 1 aliphatic heterocycles. The first-order valence-corrected chi connectivity index (χ1v) is 9.01. The fourth-order valence-electron chi connectivity index (χ4n) is 3.61. The van der Waals surface area contributed by atoms with Crippen LogP contribution in [0.25, 0.3) is 16.8 Å². The normalized spacial score (nSPS) is 17.3. The molecule has 0 radical (unpaired) electrons. The molecule has 0 N–H and O–H groups in total. The molecule has 1 aromatic carbocycles. The fraction of sp³-hybridized carbons (Fsp3) is 0.350. The number of likely N-dealkylation sites (tertiary alicyclic amines) is 1. The van der Waals surface area contributed by atoms with Crippen LogP contribution in [0.15, 0.2) is 36.5 Å². The quantitative estimate of drug-likeness (QED) is 0.712. The first-order chi connectivity index (χ1) is 13.0. The molecule has 27 heavy (non-hydrogen) atoms. The Hall–Kier alpha value is -2.96. The standard InChI is InChI=1S/C20H21FN4O2/c1-13(26)24-9-3-4-15(11-24)20-22-19-8-5-14(12-25(19)23-20)17-10-16(21)6-7-18(17)27-2/h5-8,10,12,15H,3-4,9,11H2,1-2H3/t15-/m1/s1. The number of rotatable bonds is 3. The van der Waals surface area contributed by atoms with Gasteiger partial charge >= 0.3 is 0 Å². The lowest BCUT2D eigenvalue weighted by atomic mass is 9.97. The Morgan fingerprint density at radius 3 is 2.93 bits per heavy atom. The van der Waals surface area contributed by atoms with Crippen molar-refractivity contribution in [3.63, 3.8) is 0 Å². The summed E-state index contributed by atoms with van der Waals surface area (Å²) in [6.07, 6.45) is 3.74. The summed E-state index contributed by atoms with van der Waals surface area (Å²) in [6, 6.07) is 8.18. The maximum atomic E-state index is 13.7. The second-order valence-corrected chi connectivity index (χ2v) is 6.84. The van der Waals surface area contributed by atoms with Gasteiger partial charge in [-0.2, -0.15) is 5.10 Å². The van der Waals surface area contributed by atoms with E-state index in [-0.39, 0.29) is 17.6 Å². The van der Waals surface area contributed by atoms with Crippen molar-refractivity contribution in [1.29, 1.82) is 0 Å². The van der Waals surface area contributed by atoms with Crippen LogP contribution in [-0.4, -0.2) is 45.6 Å². The molecule has 1 fully saturated rings. The van der Waals surface area contributed by atoms with Gasteiger partial charge in [0, 0.05) is 43.3 Å². The summed E-state index contributed by atoms with van der Waals surface area (Å²) in [7, 11) is 1.56. The SMILES string of the molecule is COc1ccc(F)cc1-c1ccc2nc([C@@H]3CCCN(C(C)=O)C3)nn2c1. The molecule has 2 aromatic heterocycles. The molecule has 0 unspecified atom stereocenters. The zero-order chi connectivity index (χ0) is 19.0. The van der Waals surface area contributed by atoms with E-state index in [2.05, 4.69) is 10.1 Å². The number of aromatic nitrogens is 3. The molecule has 1 amide bonds. The molecular weight excluding hydrogens is 347 g/mol. The molecule has 0 aliphatic carbocycles. The molecule has 3 aromatic rings. The van der Waals surface area contributed by atoms with Gasteiger partial charge in [0.2, 0.25) is 5.91 Å².